The van der Waals surface area contributed by atoms with E-state index in [1.165, 1.54) is 44.6 Å². The Morgan fingerprint density at radius 3 is 2.26 bits per heavy atom. The molecule has 31 heavy (non-hydrogen) atoms. The third-order valence-electron chi connectivity index (χ3n) is 4.01. The second-order valence-electron chi connectivity index (χ2n) is 6.36. The van der Waals surface area contributed by atoms with Crippen molar-refractivity contribution in [3.8, 4) is 11.9 Å². The first-order chi connectivity index (χ1) is 14.8. The Hall–Kier alpha value is -3.86. The molecule has 3 aromatic rings. The Labute approximate surface area is 179 Å². The van der Waals surface area contributed by atoms with Gasteiger partial charge < -0.3 is 20.1 Å². The molecule has 0 aliphatic carbocycles. The summed E-state index contributed by atoms with van der Waals surface area (Å²) in [6.07, 6.45) is 0. The normalized spacial score (nSPS) is 10.8. The number of methoxy groups -OCH3 is 2. The van der Waals surface area contributed by atoms with Crippen molar-refractivity contribution in [1.82, 2.24) is 9.97 Å². The predicted octanol–water partition coefficient (Wildman–Crippen LogP) is 3.25. The number of aromatic nitrogens is 2. The Bertz CT molecular complexity index is 1160. The van der Waals surface area contributed by atoms with Crippen LogP contribution in [0.5, 0.6) is 11.9 Å². The SMILES string of the molecule is COc1cc(NS(=O)(=O)c2ccc(NC(=O)Nc3cccc(C)c3)cc2)nc(OC)n1. The number of rotatable bonds is 7. The van der Waals surface area contributed by atoms with Gasteiger partial charge in [0.2, 0.25) is 5.88 Å². The third kappa shape index (κ3) is 5.82. The standard InChI is InChI=1S/C20H21N5O5S/c1-13-5-4-6-15(11-13)22-19(26)21-14-7-9-16(10-8-14)31(27,28)25-17-12-18(29-2)24-20(23-17)30-3/h4-12H,1-3H3,(H2,21,22,26)(H,23,24,25). The fourth-order valence-electron chi connectivity index (χ4n) is 2.58. The molecule has 1 aromatic heterocycles. The van der Waals surface area contributed by atoms with Gasteiger partial charge in [-0.05, 0) is 48.9 Å². The summed E-state index contributed by atoms with van der Waals surface area (Å²) in [7, 11) is -1.20. The number of benzene rings is 2. The fourth-order valence-corrected chi connectivity index (χ4v) is 3.57. The zero-order valence-corrected chi connectivity index (χ0v) is 17.9. The summed E-state index contributed by atoms with van der Waals surface area (Å²) < 4.78 is 37.6. The van der Waals surface area contributed by atoms with E-state index in [0.29, 0.717) is 11.4 Å². The molecule has 0 aliphatic rings. The summed E-state index contributed by atoms with van der Waals surface area (Å²) in [5, 5.41) is 5.36. The second-order valence-corrected chi connectivity index (χ2v) is 8.04. The Morgan fingerprint density at radius 1 is 0.903 bits per heavy atom. The van der Waals surface area contributed by atoms with Gasteiger partial charge in [0.1, 0.15) is 0 Å². The minimum Gasteiger partial charge on any atom is -0.481 e. The molecule has 0 fully saturated rings. The van der Waals surface area contributed by atoms with Crippen LogP contribution in [0.1, 0.15) is 5.56 Å². The third-order valence-corrected chi connectivity index (χ3v) is 5.38. The van der Waals surface area contributed by atoms with E-state index in [1.807, 2.05) is 25.1 Å². The lowest BCUT2D eigenvalue weighted by Crippen LogP contribution is -2.19. The highest BCUT2D eigenvalue weighted by Crippen LogP contribution is 2.21. The van der Waals surface area contributed by atoms with Crippen LogP contribution >= 0.6 is 0 Å². The first-order valence-electron chi connectivity index (χ1n) is 9.03. The van der Waals surface area contributed by atoms with Crippen LogP contribution in [0.2, 0.25) is 0 Å². The molecule has 3 N–H and O–H groups in total. The number of ether oxygens (including phenoxy) is 2. The van der Waals surface area contributed by atoms with Gasteiger partial charge in [-0.2, -0.15) is 9.97 Å². The van der Waals surface area contributed by atoms with Gasteiger partial charge >= 0.3 is 12.0 Å². The van der Waals surface area contributed by atoms with Crippen LogP contribution < -0.4 is 24.8 Å². The van der Waals surface area contributed by atoms with Gasteiger partial charge in [0.25, 0.3) is 10.0 Å². The average Bonchev–Trinajstić information content (AvgIpc) is 2.73. The van der Waals surface area contributed by atoms with Crippen molar-refractivity contribution in [1.29, 1.82) is 0 Å². The van der Waals surface area contributed by atoms with Crippen molar-refractivity contribution in [2.75, 3.05) is 29.6 Å². The molecule has 0 saturated heterocycles. The van der Waals surface area contributed by atoms with Crippen LogP contribution in [0.3, 0.4) is 0 Å². The molecule has 0 spiro atoms. The summed E-state index contributed by atoms with van der Waals surface area (Å²) in [4.78, 5) is 20.0. The Balaban J connectivity index is 1.69. The molecule has 0 bridgehead atoms. The van der Waals surface area contributed by atoms with E-state index in [9.17, 15) is 13.2 Å². The highest BCUT2D eigenvalue weighted by atomic mass is 32.2. The maximum atomic E-state index is 12.7. The molecule has 0 radical (unpaired) electrons. The minimum atomic E-state index is -3.94. The number of amides is 2. The molecule has 10 nitrogen and oxygen atoms in total. The molecular formula is C20H21N5O5S. The van der Waals surface area contributed by atoms with Gasteiger partial charge in [0, 0.05) is 17.4 Å². The molecular weight excluding hydrogens is 422 g/mol. The van der Waals surface area contributed by atoms with E-state index < -0.39 is 16.1 Å². The molecule has 0 unspecified atom stereocenters. The van der Waals surface area contributed by atoms with Crippen molar-refractivity contribution in [3.05, 3.63) is 60.2 Å². The first-order valence-corrected chi connectivity index (χ1v) is 10.5. The van der Waals surface area contributed by atoms with Crippen LogP contribution in [0.25, 0.3) is 0 Å². The number of urea groups is 1. The highest BCUT2D eigenvalue weighted by molar-refractivity contribution is 7.92. The molecule has 0 aliphatic heterocycles. The topological polar surface area (TPSA) is 132 Å². The van der Waals surface area contributed by atoms with E-state index in [0.717, 1.165) is 5.56 Å². The van der Waals surface area contributed by atoms with E-state index in [1.54, 1.807) is 6.07 Å². The van der Waals surface area contributed by atoms with Gasteiger partial charge in [-0.1, -0.05) is 12.1 Å². The first kappa shape index (κ1) is 21.8. The molecule has 2 amide bonds. The number of hydrogen-bond donors (Lipinski definition) is 3. The smallest absolute Gasteiger partial charge is 0.323 e. The summed E-state index contributed by atoms with van der Waals surface area (Å²) in [6, 6.07) is 13.9. The van der Waals surface area contributed by atoms with Gasteiger partial charge in [-0.25, -0.2) is 13.2 Å². The van der Waals surface area contributed by atoms with Gasteiger partial charge in [-0.3, -0.25) is 4.72 Å². The number of hydrogen-bond acceptors (Lipinski definition) is 7. The maximum absolute atomic E-state index is 12.7. The number of nitrogens with one attached hydrogen (secondary N) is 3. The van der Waals surface area contributed by atoms with E-state index in [2.05, 4.69) is 25.3 Å². The molecule has 162 valence electrons. The number of carbonyl (C=O) groups excluding carboxylic acids is 1. The number of aryl methyl sites for hydroxylation is 1. The van der Waals surface area contributed by atoms with Crippen molar-refractivity contribution in [2.45, 2.75) is 11.8 Å². The zero-order chi connectivity index (χ0) is 22.4. The molecule has 0 atom stereocenters. The minimum absolute atomic E-state index is 0.0107. The summed E-state index contributed by atoms with van der Waals surface area (Å²) in [5.74, 6) is 0.132. The maximum Gasteiger partial charge on any atom is 0.323 e. The Morgan fingerprint density at radius 2 is 1.61 bits per heavy atom. The zero-order valence-electron chi connectivity index (χ0n) is 17.0. The molecule has 0 saturated carbocycles. The van der Waals surface area contributed by atoms with E-state index >= 15 is 0 Å². The molecule has 11 heteroatoms. The summed E-state index contributed by atoms with van der Waals surface area (Å²) in [5.41, 5.74) is 2.09. The lowest BCUT2D eigenvalue weighted by molar-refractivity contribution is 0.262. The molecule has 1 heterocycles. The monoisotopic (exact) mass is 443 g/mol. The molecule has 2 aromatic carbocycles. The van der Waals surface area contributed by atoms with Crippen molar-refractivity contribution < 1.29 is 22.7 Å². The van der Waals surface area contributed by atoms with E-state index in [-0.39, 0.29) is 22.6 Å². The number of anilines is 3. The lowest BCUT2D eigenvalue weighted by Gasteiger charge is -2.11. The number of nitrogens with zero attached hydrogens (tertiary/aromatic N) is 2. The quantitative estimate of drug-likeness (QED) is 0.511. The van der Waals surface area contributed by atoms with Crippen molar-refractivity contribution in [3.63, 3.8) is 0 Å². The number of sulfonamides is 1. The van der Waals surface area contributed by atoms with Crippen LogP contribution in [-0.4, -0.2) is 38.6 Å². The Kier molecular flexibility index (Phi) is 6.55. The van der Waals surface area contributed by atoms with Crippen LogP contribution in [-0.2, 0) is 10.0 Å². The fraction of sp³-hybridized carbons (Fsp3) is 0.150. The van der Waals surface area contributed by atoms with Crippen molar-refractivity contribution >= 4 is 33.2 Å². The largest absolute Gasteiger partial charge is 0.481 e. The average molecular weight is 443 g/mol. The van der Waals surface area contributed by atoms with Crippen molar-refractivity contribution in [2.24, 2.45) is 0 Å². The van der Waals surface area contributed by atoms with Crippen LogP contribution in [0.4, 0.5) is 22.0 Å². The predicted molar refractivity (Wildman–Crippen MR) is 116 cm³/mol. The van der Waals surface area contributed by atoms with E-state index in [4.69, 9.17) is 9.47 Å². The van der Waals surface area contributed by atoms with Gasteiger partial charge in [-0.15, -0.1) is 0 Å². The number of carbonyl (C=O) groups is 1. The second kappa shape index (κ2) is 9.30. The van der Waals surface area contributed by atoms with Gasteiger partial charge in [0.05, 0.1) is 19.1 Å². The highest BCUT2D eigenvalue weighted by Gasteiger charge is 2.17. The molecule has 3 rings (SSSR count). The van der Waals surface area contributed by atoms with Crippen LogP contribution in [0, 0.1) is 6.92 Å². The summed E-state index contributed by atoms with van der Waals surface area (Å²) >= 11 is 0. The summed E-state index contributed by atoms with van der Waals surface area (Å²) in [6.45, 7) is 1.92. The van der Waals surface area contributed by atoms with Crippen LogP contribution in [0.15, 0.2) is 59.5 Å². The lowest BCUT2D eigenvalue weighted by atomic mass is 10.2. The van der Waals surface area contributed by atoms with Gasteiger partial charge in [0.15, 0.2) is 5.82 Å².